The minimum absolute atomic E-state index is 0.0624. The van der Waals surface area contributed by atoms with Gasteiger partial charge in [0.1, 0.15) is 16.3 Å². The summed E-state index contributed by atoms with van der Waals surface area (Å²) in [5.41, 5.74) is 2.31. The first kappa shape index (κ1) is 22.7. The molecule has 174 valence electrons. The standard InChI is InChI=1S/C26H24N2O4S2/c1-31-17-12-13-18(21(14-17)32-2)20(29)15-33-26-27-24-23(19-10-6-7-11-22(19)34-24)25(30)28(26)16-8-4-3-5-9-16/h3-5,8-9,12-14H,6-7,10-11,15H2,1-2H3. The fourth-order valence-corrected chi connectivity index (χ4v) is 6.52. The number of ether oxygens (including phenoxy) is 2. The Morgan fingerprint density at radius 3 is 2.65 bits per heavy atom. The molecule has 2 aromatic heterocycles. The molecule has 0 bridgehead atoms. The molecule has 4 aromatic rings. The second-order valence-electron chi connectivity index (χ2n) is 8.04. The van der Waals surface area contributed by atoms with Crippen LogP contribution >= 0.6 is 23.1 Å². The van der Waals surface area contributed by atoms with Gasteiger partial charge in [0, 0.05) is 10.9 Å². The summed E-state index contributed by atoms with van der Waals surface area (Å²) >= 11 is 2.89. The van der Waals surface area contributed by atoms with Crippen molar-refractivity contribution in [2.45, 2.75) is 30.8 Å². The molecule has 1 aliphatic rings. The Labute approximate surface area is 205 Å². The topological polar surface area (TPSA) is 70.4 Å². The van der Waals surface area contributed by atoms with Gasteiger partial charge in [0.05, 0.1) is 36.6 Å². The fourth-order valence-electron chi connectivity index (χ4n) is 4.32. The lowest BCUT2D eigenvalue weighted by Crippen LogP contribution is -2.22. The van der Waals surface area contributed by atoms with E-state index in [9.17, 15) is 9.59 Å². The SMILES string of the molecule is COc1ccc(C(=O)CSc2nc3sc4c(c3c(=O)n2-c2ccccc2)CCCC4)c(OC)c1. The smallest absolute Gasteiger partial charge is 0.267 e. The number of aromatic nitrogens is 2. The Morgan fingerprint density at radius 1 is 1.09 bits per heavy atom. The average molecular weight is 493 g/mol. The van der Waals surface area contributed by atoms with Gasteiger partial charge in [-0.05, 0) is 55.5 Å². The highest BCUT2D eigenvalue weighted by molar-refractivity contribution is 7.99. The third-order valence-corrected chi connectivity index (χ3v) is 8.14. The van der Waals surface area contributed by atoms with Crippen molar-refractivity contribution >= 4 is 39.1 Å². The van der Waals surface area contributed by atoms with Crippen molar-refractivity contribution < 1.29 is 14.3 Å². The number of para-hydroxylation sites is 1. The minimum atomic E-state index is -0.107. The summed E-state index contributed by atoms with van der Waals surface area (Å²) in [5.74, 6) is 1.09. The molecule has 5 rings (SSSR count). The van der Waals surface area contributed by atoms with Crippen LogP contribution in [0.3, 0.4) is 0 Å². The highest BCUT2D eigenvalue weighted by Crippen LogP contribution is 2.35. The Kier molecular flexibility index (Phi) is 6.43. The summed E-state index contributed by atoms with van der Waals surface area (Å²) in [6.45, 7) is 0. The average Bonchev–Trinajstić information content (AvgIpc) is 3.26. The molecule has 8 heteroatoms. The van der Waals surface area contributed by atoms with Crippen LogP contribution in [0, 0.1) is 0 Å². The van der Waals surface area contributed by atoms with E-state index in [1.807, 2.05) is 30.3 Å². The molecule has 0 fully saturated rings. The fraction of sp³-hybridized carbons (Fsp3) is 0.269. The molecule has 0 N–H and O–H groups in total. The normalized spacial score (nSPS) is 13.0. The predicted molar refractivity (Wildman–Crippen MR) is 136 cm³/mol. The number of benzene rings is 2. The summed E-state index contributed by atoms with van der Waals surface area (Å²) in [5, 5.41) is 1.25. The molecular weight excluding hydrogens is 468 g/mol. The number of rotatable bonds is 7. The third-order valence-electron chi connectivity index (χ3n) is 6.01. The number of methoxy groups -OCH3 is 2. The number of nitrogens with zero attached hydrogens (tertiary/aromatic N) is 2. The first-order valence-electron chi connectivity index (χ1n) is 11.1. The van der Waals surface area contributed by atoms with Crippen LogP contribution in [0.5, 0.6) is 11.5 Å². The van der Waals surface area contributed by atoms with Gasteiger partial charge >= 0.3 is 0 Å². The Hall–Kier alpha value is -3.10. The largest absolute Gasteiger partial charge is 0.497 e. The molecule has 0 spiro atoms. The summed E-state index contributed by atoms with van der Waals surface area (Å²) in [6, 6.07) is 14.6. The van der Waals surface area contributed by atoms with Gasteiger partial charge in [0.25, 0.3) is 5.56 Å². The zero-order valence-electron chi connectivity index (χ0n) is 19.0. The molecule has 0 atom stereocenters. The van der Waals surface area contributed by atoms with E-state index in [0.717, 1.165) is 47.2 Å². The molecule has 2 heterocycles. The van der Waals surface area contributed by atoms with E-state index in [2.05, 4.69) is 0 Å². The second-order valence-corrected chi connectivity index (χ2v) is 10.1. The van der Waals surface area contributed by atoms with Crippen molar-refractivity contribution in [1.29, 1.82) is 0 Å². The highest BCUT2D eigenvalue weighted by atomic mass is 32.2. The van der Waals surface area contributed by atoms with Gasteiger partial charge in [-0.1, -0.05) is 30.0 Å². The zero-order valence-corrected chi connectivity index (χ0v) is 20.6. The van der Waals surface area contributed by atoms with E-state index < -0.39 is 0 Å². The zero-order chi connectivity index (χ0) is 23.7. The third kappa shape index (κ3) is 4.12. The number of fused-ring (bicyclic) bond motifs is 3. The Morgan fingerprint density at radius 2 is 1.88 bits per heavy atom. The van der Waals surface area contributed by atoms with Gasteiger partial charge in [-0.2, -0.15) is 0 Å². The quantitative estimate of drug-likeness (QED) is 0.198. The first-order chi connectivity index (χ1) is 16.6. The molecule has 2 aromatic carbocycles. The van der Waals surface area contributed by atoms with Crippen LogP contribution in [-0.2, 0) is 12.8 Å². The molecule has 0 aliphatic heterocycles. The van der Waals surface area contributed by atoms with Gasteiger partial charge in [0.15, 0.2) is 10.9 Å². The van der Waals surface area contributed by atoms with Crippen molar-refractivity contribution in [2.75, 3.05) is 20.0 Å². The number of ketones is 1. The van der Waals surface area contributed by atoms with E-state index in [4.69, 9.17) is 14.5 Å². The number of Topliss-reactive ketones (excluding diaryl/α,β-unsaturated/α-hetero) is 1. The number of thioether (sulfide) groups is 1. The molecule has 1 aliphatic carbocycles. The van der Waals surface area contributed by atoms with Crippen molar-refractivity contribution in [3.05, 3.63) is 74.9 Å². The molecular formula is C26H24N2O4S2. The Bertz CT molecular complexity index is 1430. The molecule has 0 amide bonds. The van der Waals surface area contributed by atoms with Gasteiger partial charge in [-0.15, -0.1) is 11.3 Å². The monoisotopic (exact) mass is 492 g/mol. The molecule has 34 heavy (non-hydrogen) atoms. The van der Waals surface area contributed by atoms with Crippen LogP contribution in [0.25, 0.3) is 15.9 Å². The molecule has 6 nitrogen and oxygen atoms in total. The maximum atomic E-state index is 13.8. The van der Waals surface area contributed by atoms with E-state index in [1.165, 1.54) is 23.7 Å². The van der Waals surface area contributed by atoms with Gasteiger partial charge in [0.2, 0.25) is 0 Å². The van der Waals surface area contributed by atoms with Gasteiger partial charge in [-0.25, -0.2) is 4.98 Å². The molecule has 0 unspecified atom stereocenters. The van der Waals surface area contributed by atoms with Crippen LogP contribution in [0.1, 0.15) is 33.6 Å². The van der Waals surface area contributed by atoms with Crippen LogP contribution in [-0.4, -0.2) is 35.3 Å². The number of carbonyl (C=O) groups is 1. The molecule has 0 saturated carbocycles. The number of thiophene rings is 1. The summed E-state index contributed by atoms with van der Waals surface area (Å²) in [6.07, 6.45) is 4.16. The van der Waals surface area contributed by atoms with Crippen LogP contribution in [0.4, 0.5) is 0 Å². The van der Waals surface area contributed by atoms with Crippen LogP contribution < -0.4 is 15.0 Å². The summed E-state index contributed by atoms with van der Waals surface area (Å²) < 4.78 is 12.3. The number of hydrogen-bond acceptors (Lipinski definition) is 7. The maximum Gasteiger partial charge on any atom is 0.267 e. The van der Waals surface area contributed by atoms with Crippen molar-refractivity contribution in [2.24, 2.45) is 0 Å². The van der Waals surface area contributed by atoms with Gasteiger partial charge < -0.3 is 9.47 Å². The van der Waals surface area contributed by atoms with Crippen molar-refractivity contribution in [3.63, 3.8) is 0 Å². The number of hydrogen-bond donors (Lipinski definition) is 0. The van der Waals surface area contributed by atoms with E-state index in [0.29, 0.717) is 22.2 Å². The minimum Gasteiger partial charge on any atom is -0.497 e. The molecule has 0 saturated heterocycles. The lowest BCUT2D eigenvalue weighted by molar-refractivity contribution is 0.101. The summed E-state index contributed by atoms with van der Waals surface area (Å²) in [7, 11) is 3.10. The van der Waals surface area contributed by atoms with Crippen LogP contribution in [0.2, 0.25) is 0 Å². The van der Waals surface area contributed by atoms with Crippen LogP contribution in [0.15, 0.2) is 58.5 Å². The first-order valence-corrected chi connectivity index (χ1v) is 12.9. The Balaban J connectivity index is 1.55. The molecule has 0 radical (unpaired) electrons. The lowest BCUT2D eigenvalue weighted by atomic mass is 9.97. The summed E-state index contributed by atoms with van der Waals surface area (Å²) in [4.78, 5) is 33.8. The van der Waals surface area contributed by atoms with E-state index >= 15 is 0 Å². The number of aryl methyl sites for hydroxylation is 2. The second kappa shape index (κ2) is 9.64. The van der Waals surface area contributed by atoms with Gasteiger partial charge in [-0.3, -0.25) is 14.2 Å². The predicted octanol–water partition coefficient (Wildman–Crippen LogP) is 5.32. The van der Waals surface area contributed by atoms with E-state index in [1.54, 1.807) is 41.2 Å². The highest BCUT2D eigenvalue weighted by Gasteiger charge is 2.23. The number of carbonyl (C=O) groups excluding carboxylic acids is 1. The van der Waals surface area contributed by atoms with Crippen molar-refractivity contribution in [3.8, 4) is 17.2 Å². The van der Waals surface area contributed by atoms with E-state index in [-0.39, 0.29) is 17.1 Å². The maximum absolute atomic E-state index is 13.8. The van der Waals surface area contributed by atoms with Crippen molar-refractivity contribution in [1.82, 2.24) is 9.55 Å². The lowest BCUT2D eigenvalue weighted by Gasteiger charge is -2.14.